The molecule has 3 heterocycles. The van der Waals surface area contributed by atoms with Gasteiger partial charge in [0.05, 0.1) is 17.9 Å². The van der Waals surface area contributed by atoms with E-state index in [0.717, 1.165) is 6.42 Å². The highest BCUT2D eigenvalue weighted by atomic mass is 16.5. The van der Waals surface area contributed by atoms with E-state index in [1.165, 1.54) is 0 Å². The molecule has 4 atom stereocenters. The molecule has 1 aromatic rings. The summed E-state index contributed by atoms with van der Waals surface area (Å²) in [6, 6.07) is 0.256. The fourth-order valence-corrected chi connectivity index (χ4v) is 3.17. The predicted molar refractivity (Wildman–Crippen MR) is 85.7 cm³/mol. The van der Waals surface area contributed by atoms with E-state index in [2.05, 4.69) is 46.2 Å². The van der Waals surface area contributed by atoms with Gasteiger partial charge in [0.25, 0.3) is 0 Å². The number of nitrogens with one attached hydrogen (secondary N) is 1. The van der Waals surface area contributed by atoms with Crippen molar-refractivity contribution in [3.05, 3.63) is 23.9 Å². The Bertz CT molecular complexity index is 662. The molecule has 2 aliphatic rings. The molecule has 116 valence electrons. The summed E-state index contributed by atoms with van der Waals surface area (Å²) in [4.78, 5) is 7.83. The third kappa shape index (κ3) is 2.54. The molecule has 6 nitrogen and oxygen atoms in total. The summed E-state index contributed by atoms with van der Waals surface area (Å²) in [6.07, 6.45) is 7.72. The van der Waals surface area contributed by atoms with E-state index < -0.39 is 0 Å². The summed E-state index contributed by atoms with van der Waals surface area (Å²) in [5.41, 5.74) is 11.5. The van der Waals surface area contributed by atoms with Crippen LogP contribution in [0, 0.1) is 17.8 Å². The number of nitrogen functional groups attached to an aromatic ring is 2. The summed E-state index contributed by atoms with van der Waals surface area (Å²) in [7, 11) is 1.97. The maximum Gasteiger partial charge on any atom is 0.221 e. The average molecular weight is 299 g/mol. The number of rotatable bonds is 2. The summed E-state index contributed by atoms with van der Waals surface area (Å²) in [5.74, 6) is 7.16. The second-order valence-corrected chi connectivity index (χ2v) is 5.96. The van der Waals surface area contributed by atoms with Crippen LogP contribution >= 0.6 is 0 Å². The maximum absolute atomic E-state index is 6.23. The van der Waals surface area contributed by atoms with Crippen LogP contribution < -0.4 is 16.8 Å². The van der Waals surface area contributed by atoms with Crippen molar-refractivity contribution in [2.24, 2.45) is 5.92 Å². The van der Waals surface area contributed by atoms with Gasteiger partial charge in [0.1, 0.15) is 11.4 Å². The van der Waals surface area contributed by atoms with Crippen LogP contribution in [0.4, 0.5) is 11.8 Å². The maximum atomic E-state index is 6.23. The second kappa shape index (κ2) is 5.59. The number of anilines is 2. The van der Waals surface area contributed by atoms with Crippen molar-refractivity contribution in [1.82, 2.24) is 15.3 Å². The molecule has 0 amide bonds. The predicted octanol–water partition coefficient (Wildman–Crippen LogP) is 0.704. The molecular weight excluding hydrogens is 278 g/mol. The van der Waals surface area contributed by atoms with Crippen molar-refractivity contribution < 1.29 is 4.74 Å². The zero-order valence-corrected chi connectivity index (χ0v) is 12.8. The smallest absolute Gasteiger partial charge is 0.221 e. The SMILES string of the molecule is CNC1CC(C)C2C=CC1(CC#Cc1cnc(N)nc1N)O2. The van der Waals surface area contributed by atoms with E-state index in [0.29, 0.717) is 23.7 Å². The first-order valence-electron chi connectivity index (χ1n) is 7.45. The normalized spacial score (nSPS) is 32.5. The molecule has 5 N–H and O–H groups in total. The van der Waals surface area contributed by atoms with Gasteiger partial charge in [-0.25, -0.2) is 4.98 Å². The fraction of sp³-hybridized carbons (Fsp3) is 0.500. The van der Waals surface area contributed by atoms with E-state index in [1.807, 2.05) is 7.05 Å². The molecular formula is C16H21N5O. The summed E-state index contributed by atoms with van der Waals surface area (Å²) >= 11 is 0. The van der Waals surface area contributed by atoms with Crippen LogP contribution in [-0.4, -0.2) is 34.8 Å². The standard InChI is InChI=1S/C16H21N5O/c1-10-8-13(19-2)16(7-5-12(10)22-16)6-3-4-11-9-20-15(18)21-14(11)17/h5,7,9-10,12-13,19H,6,8H2,1-2H3,(H4,17,18,20,21). The molecule has 0 spiro atoms. The minimum Gasteiger partial charge on any atom is -0.382 e. The topological polar surface area (TPSA) is 99.1 Å². The molecule has 1 saturated heterocycles. The van der Waals surface area contributed by atoms with Gasteiger partial charge in [0.15, 0.2) is 0 Å². The number of fused-ring (bicyclic) bond motifs is 2. The zero-order chi connectivity index (χ0) is 15.7. The summed E-state index contributed by atoms with van der Waals surface area (Å²) in [6.45, 7) is 2.21. The van der Waals surface area contributed by atoms with Gasteiger partial charge in [-0.1, -0.05) is 30.9 Å². The average Bonchev–Trinajstić information content (AvgIpc) is 2.87. The van der Waals surface area contributed by atoms with Crippen molar-refractivity contribution in [3.63, 3.8) is 0 Å². The van der Waals surface area contributed by atoms with E-state index in [1.54, 1.807) is 6.20 Å². The quantitative estimate of drug-likeness (QED) is 0.549. The first-order valence-corrected chi connectivity index (χ1v) is 7.45. The lowest BCUT2D eigenvalue weighted by atomic mass is 9.83. The van der Waals surface area contributed by atoms with Gasteiger partial charge in [-0.05, 0) is 19.4 Å². The highest BCUT2D eigenvalue weighted by molar-refractivity contribution is 5.51. The number of likely N-dealkylation sites (N-methyl/N-ethyl adjacent to an activating group) is 1. The number of aromatic nitrogens is 2. The van der Waals surface area contributed by atoms with Crippen LogP contribution in [0.5, 0.6) is 0 Å². The number of hydrogen-bond acceptors (Lipinski definition) is 6. The Morgan fingerprint density at radius 3 is 3.05 bits per heavy atom. The number of ether oxygens (including phenoxy) is 1. The molecule has 6 heteroatoms. The lowest BCUT2D eigenvalue weighted by Gasteiger charge is -2.42. The third-order valence-corrected chi connectivity index (χ3v) is 4.45. The molecule has 2 bridgehead atoms. The van der Waals surface area contributed by atoms with Gasteiger partial charge in [-0.15, -0.1) is 0 Å². The van der Waals surface area contributed by atoms with Crippen molar-refractivity contribution in [3.8, 4) is 11.8 Å². The molecule has 22 heavy (non-hydrogen) atoms. The zero-order valence-electron chi connectivity index (χ0n) is 12.8. The Labute approximate surface area is 130 Å². The van der Waals surface area contributed by atoms with E-state index in [-0.39, 0.29) is 23.7 Å². The Morgan fingerprint density at radius 2 is 2.32 bits per heavy atom. The molecule has 0 radical (unpaired) electrons. The highest BCUT2D eigenvalue weighted by Crippen LogP contribution is 2.41. The van der Waals surface area contributed by atoms with Crippen molar-refractivity contribution in [2.45, 2.75) is 37.5 Å². The highest BCUT2D eigenvalue weighted by Gasteiger charge is 2.48. The monoisotopic (exact) mass is 299 g/mol. The lowest BCUT2D eigenvalue weighted by Crippen LogP contribution is -2.54. The largest absolute Gasteiger partial charge is 0.382 e. The van der Waals surface area contributed by atoms with E-state index in [9.17, 15) is 0 Å². The van der Waals surface area contributed by atoms with Crippen molar-refractivity contribution in [1.29, 1.82) is 0 Å². The van der Waals surface area contributed by atoms with Crippen LogP contribution in [-0.2, 0) is 4.74 Å². The molecule has 4 unspecified atom stereocenters. The molecule has 0 aromatic carbocycles. The third-order valence-electron chi connectivity index (χ3n) is 4.45. The number of nitrogens with two attached hydrogens (primary N) is 2. The Kier molecular flexibility index (Phi) is 3.77. The molecule has 1 fully saturated rings. The van der Waals surface area contributed by atoms with Gasteiger partial charge in [0.2, 0.25) is 5.95 Å². The van der Waals surface area contributed by atoms with Gasteiger partial charge in [-0.2, -0.15) is 4.98 Å². The lowest BCUT2D eigenvalue weighted by molar-refractivity contribution is -0.101. The molecule has 0 aliphatic carbocycles. The van der Waals surface area contributed by atoms with Crippen LogP contribution in [0.1, 0.15) is 25.3 Å². The van der Waals surface area contributed by atoms with Crippen LogP contribution in [0.25, 0.3) is 0 Å². The van der Waals surface area contributed by atoms with Crippen LogP contribution in [0.15, 0.2) is 18.3 Å². The Hall–Kier alpha value is -2.10. The fourth-order valence-electron chi connectivity index (χ4n) is 3.17. The van der Waals surface area contributed by atoms with Crippen molar-refractivity contribution >= 4 is 11.8 Å². The molecule has 0 saturated carbocycles. The van der Waals surface area contributed by atoms with Gasteiger partial charge in [0, 0.05) is 12.5 Å². The van der Waals surface area contributed by atoms with Gasteiger partial charge in [-0.3, -0.25) is 0 Å². The van der Waals surface area contributed by atoms with Crippen molar-refractivity contribution in [2.75, 3.05) is 18.5 Å². The minimum absolute atomic E-state index is 0.156. The molecule has 1 aromatic heterocycles. The Morgan fingerprint density at radius 1 is 1.50 bits per heavy atom. The summed E-state index contributed by atoms with van der Waals surface area (Å²) < 4.78 is 6.23. The van der Waals surface area contributed by atoms with E-state index >= 15 is 0 Å². The first kappa shape index (κ1) is 14.8. The molecule has 3 rings (SSSR count). The van der Waals surface area contributed by atoms with Crippen LogP contribution in [0.2, 0.25) is 0 Å². The first-order chi connectivity index (χ1) is 10.5. The van der Waals surface area contributed by atoms with Crippen LogP contribution in [0.3, 0.4) is 0 Å². The number of hydrogen-bond donors (Lipinski definition) is 3. The summed E-state index contributed by atoms with van der Waals surface area (Å²) in [5, 5.41) is 3.36. The second-order valence-electron chi connectivity index (χ2n) is 5.96. The van der Waals surface area contributed by atoms with E-state index in [4.69, 9.17) is 16.2 Å². The van der Waals surface area contributed by atoms with Gasteiger partial charge < -0.3 is 21.5 Å². The Balaban J connectivity index is 1.79. The number of nitrogens with zero attached hydrogens (tertiary/aromatic N) is 2. The van der Waals surface area contributed by atoms with Gasteiger partial charge >= 0.3 is 0 Å². The molecule has 2 aliphatic heterocycles. The minimum atomic E-state index is -0.359.